The first kappa shape index (κ1) is 19.0. The Morgan fingerprint density at radius 3 is 2.68 bits per heavy atom. The molecule has 1 fully saturated rings. The molecule has 28 heavy (non-hydrogen) atoms. The molecule has 0 aliphatic carbocycles. The first-order chi connectivity index (χ1) is 13.6. The summed E-state index contributed by atoms with van der Waals surface area (Å²) in [6.45, 7) is 4.80. The van der Waals surface area contributed by atoms with Gasteiger partial charge >= 0.3 is 0 Å². The first-order valence-corrected chi connectivity index (χ1v) is 10.6. The van der Waals surface area contributed by atoms with Gasteiger partial charge in [0.1, 0.15) is 0 Å². The number of piperidine rings is 1. The second-order valence-corrected chi connectivity index (χ2v) is 8.85. The van der Waals surface area contributed by atoms with Crippen LogP contribution in [-0.4, -0.2) is 41.1 Å². The molecule has 1 unspecified atom stereocenters. The van der Waals surface area contributed by atoms with Crippen molar-refractivity contribution in [3.8, 4) is 0 Å². The molecule has 1 atom stereocenters. The quantitative estimate of drug-likeness (QED) is 0.832. The van der Waals surface area contributed by atoms with Crippen LogP contribution in [0.1, 0.15) is 35.7 Å². The number of thioether (sulfide) groups is 1. The van der Waals surface area contributed by atoms with Gasteiger partial charge in [-0.1, -0.05) is 30.3 Å². The number of fused-ring (bicyclic) bond motifs is 1. The number of nitrogens with one attached hydrogen (secondary N) is 2. The van der Waals surface area contributed by atoms with Gasteiger partial charge in [-0.05, 0) is 43.5 Å². The molecule has 2 aliphatic rings. The van der Waals surface area contributed by atoms with Crippen LogP contribution < -0.4 is 10.6 Å². The minimum atomic E-state index is -0.103. The Morgan fingerprint density at radius 2 is 1.93 bits per heavy atom. The van der Waals surface area contributed by atoms with Crippen LogP contribution in [0.4, 0.5) is 5.69 Å². The molecule has 2 N–H and O–H groups in total. The van der Waals surface area contributed by atoms with E-state index in [1.807, 2.05) is 25.1 Å². The average molecular weight is 396 g/mol. The zero-order valence-electron chi connectivity index (χ0n) is 16.0. The van der Waals surface area contributed by atoms with E-state index in [1.54, 1.807) is 6.07 Å². The van der Waals surface area contributed by atoms with E-state index in [-0.39, 0.29) is 23.1 Å². The van der Waals surface area contributed by atoms with Crippen LogP contribution in [0, 0.1) is 0 Å². The summed E-state index contributed by atoms with van der Waals surface area (Å²) in [5.74, 6) is -0.0805. The number of carbonyl (C=O) groups is 2. The topological polar surface area (TPSA) is 61.4 Å². The Labute approximate surface area is 169 Å². The summed E-state index contributed by atoms with van der Waals surface area (Å²) in [5.41, 5.74) is 2.66. The van der Waals surface area contributed by atoms with Crippen molar-refractivity contribution in [1.82, 2.24) is 10.2 Å². The van der Waals surface area contributed by atoms with Gasteiger partial charge in [-0.25, -0.2) is 0 Å². The highest BCUT2D eigenvalue weighted by Crippen LogP contribution is 2.35. The van der Waals surface area contributed by atoms with E-state index in [4.69, 9.17) is 0 Å². The van der Waals surface area contributed by atoms with Crippen molar-refractivity contribution in [1.29, 1.82) is 0 Å². The molecular formula is C22H25N3O2S. The van der Waals surface area contributed by atoms with Gasteiger partial charge < -0.3 is 10.6 Å². The number of rotatable bonds is 4. The third kappa shape index (κ3) is 4.39. The third-order valence-corrected chi connectivity index (χ3v) is 6.52. The Hall–Kier alpha value is -2.31. The fourth-order valence-electron chi connectivity index (χ4n) is 3.70. The summed E-state index contributed by atoms with van der Waals surface area (Å²) >= 11 is 1.53. The van der Waals surface area contributed by atoms with Crippen LogP contribution in [0.5, 0.6) is 0 Å². The van der Waals surface area contributed by atoms with Crippen molar-refractivity contribution >= 4 is 29.3 Å². The molecule has 5 nitrogen and oxygen atoms in total. The third-order valence-electron chi connectivity index (χ3n) is 5.34. The SMILES string of the molecule is CC1Sc2ccc(C(=O)NC3CCN(Cc4ccccc4)CC3)cc2NC1=O. The molecule has 2 aromatic rings. The van der Waals surface area contributed by atoms with Gasteiger partial charge in [0.15, 0.2) is 0 Å². The minimum Gasteiger partial charge on any atom is -0.349 e. The monoisotopic (exact) mass is 395 g/mol. The summed E-state index contributed by atoms with van der Waals surface area (Å²) < 4.78 is 0. The predicted molar refractivity (Wildman–Crippen MR) is 113 cm³/mol. The van der Waals surface area contributed by atoms with E-state index in [1.165, 1.54) is 17.3 Å². The fraction of sp³-hybridized carbons (Fsp3) is 0.364. The number of anilines is 1. The second-order valence-electron chi connectivity index (χ2n) is 7.47. The standard InChI is InChI=1S/C22H25N3O2S/c1-15-21(26)24-19-13-17(7-8-20(19)28-15)22(27)23-18-9-11-25(12-10-18)14-16-5-3-2-4-6-16/h2-8,13,15,18H,9-12,14H2,1H3,(H,23,27)(H,24,26). The maximum atomic E-state index is 12.7. The van der Waals surface area contributed by atoms with Crippen molar-refractivity contribution in [2.75, 3.05) is 18.4 Å². The zero-order chi connectivity index (χ0) is 19.5. The van der Waals surface area contributed by atoms with Gasteiger partial charge in [0.05, 0.1) is 10.9 Å². The molecule has 2 aromatic carbocycles. The van der Waals surface area contributed by atoms with Crippen molar-refractivity contribution in [2.24, 2.45) is 0 Å². The van der Waals surface area contributed by atoms with Crippen LogP contribution in [0.3, 0.4) is 0 Å². The lowest BCUT2D eigenvalue weighted by atomic mass is 10.0. The zero-order valence-corrected chi connectivity index (χ0v) is 16.8. The van der Waals surface area contributed by atoms with E-state index in [9.17, 15) is 9.59 Å². The van der Waals surface area contributed by atoms with E-state index in [0.29, 0.717) is 5.56 Å². The maximum absolute atomic E-state index is 12.7. The molecule has 0 spiro atoms. The lowest BCUT2D eigenvalue weighted by Crippen LogP contribution is -2.44. The number of amides is 2. The lowest BCUT2D eigenvalue weighted by molar-refractivity contribution is -0.115. The number of benzene rings is 2. The molecule has 0 aromatic heterocycles. The van der Waals surface area contributed by atoms with Crippen LogP contribution >= 0.6 is 11.8 Å². The van der Waals surface area contributed by atoms with E-state index in [0.717, 1.165) is 43.1 Å². The van der Waals surface area contributed by atoms with Gasteiger partial charge in [0.25, 0.3) is 5.91 Å². The minimum absolute atomic E-state index is 0.0131. The maximum Gasteiger partial charge on any atom is 0.251 e. The van der Waals surface area contributed by atoms with Crippen LogP contribution in [0.2, 0.25) is 0 Å². The molecule has 1 saturated heterocycles. The van der Waals surface area contributed by atoms with Crippen molar-refractivity contribution < 1.29 is 9.59 Å². The van der Waals surface area contributed by atoms with E-state index >= 15 is 0 Å². The molecule has 6 heteroatoms. The predicted octanol–water partition coefficient (Wildman–Crippen LogP) is 3.51. The molecule has 2 amide bonds. The van der Waals surface area contributed by atoms with Crippen molar-refractivity contribution in [2.45, 2.75) is 42.5 Å². The Morgan fingerprint density at radius 1 is 1.18 bits per heavy atom. The van der Waals surface area contributed by atoms with Crippen LogP contribution in [0.15, 0.2) is 53.4 Å². The smallest absolute Gasteiger partial charge is 0.251 e. The van der Waals surface area contributed by atoms with Gasteiger partial charge in [0.2, 0.25) is 5.91 Å². The van der Waals surface area contributed by atoms with Gasteiger partial charge in [-0.2, -0.15) is 0 Å². The number of carbonyl (C=O) groups excluding carboxylic acids is 2. The van der Waals surface area contributed by atoms with Crippen LogP contribution in [-0.2, 0) is 11.3 Å². The molecular weight excluding hydrogens is 370 g/mol. The van der Waals surface area contributed by atoms with Crippen molar-refractivity contribution in [3.05, 3.63) is 59.7 Å². The summed E-state index contributed by atoms with van der Waals surface area (Å²) in [6.07, 6.45) is 1.90. The largest absolute Gasteiger partial charge is 0.349 e. The molecule has 0 bridgehead atoms. The number of hydrogen-bond acceptors (Lipinski definition) is 4. The fourth-order valence-corrected chi connectivity index (χ4v) is 4.63. The molecule has 0 saturated carbocycles. The van der Waals surface area contributed by atoms with Gasteiger partial charge in [0, 0.05) is 36.1 Å². The lowest BCUT2D eigenvalue weighted by Gasteiger charge is -2.32. The summed E-state index contributed by atoms with van der Waals surface area (Å²) in [5, 5.41) is 5.95. The van der Waals surface area contributed by atoms with Crippen LogP contribution in [0.25, 0.3) is 0 Å². The molecule has 146 valence electrons. The number of hydrogen-bond donors (Lipinski definition) is 2. The molecule has 0 radical (unpaired) electrons. The number of likely N-dealkylation sites (tertiary alicyclic amines) is 1. The summed E-state index contributed by atoms with van der Waals surface area (Å²) in [7, 11) is 0. The normalized spacial score (nSPS) is 20.3. The van der Waals surface area contributed by atoms with E-state index in [2.05, 4.69) is 39.8 Å². The highest BCUT2D eigenvalue weighted by atomic mass is 32.2. The Balaban J connectivity index is 1.31. The van der Waals surface area contributed by atoms with Gasteiger partial charge in [-0.3, -0.25) is 14.5 Å². The summed E-state index contributed by atoms with van der Waals surface area (Å²) in [4.78, 5) is 28.0. The highest BCUT2D eigenvalue weighted by Gasteiger charge is 2.25. The Bertz CT molecular complexity index is 863. The molecule has 2 heterocycles. The first-order valence-electron chi connectivity index (χ1n) is 9.77. The average Bonchev–Trinajstić information content (AvgIpc) is 2.71. The highest BCUT2D eigenvalue weighted by molar-refractivity contribution is 8.00. The molecule has 2 aliphatic heterocycles. The van der Waals surface area contributed by atoms with E-state index < -0.39 is 0 Å². The molecule has 4 rings (SSSR count). The van der Waals surface area contributed by atoms with Crippen molar-refractivity contribution in [3.63, 3.8) is 0 Å². The second kappa shape index (κ2) is 8.37. The van der Waals surface area contributed by atoms with Gasteiger partial charge in [-0.15, -0.1) is 11.8 Å². The number of nitrogens with zero attached hydrogens (tertiary/aromatic N) is 1. The summed E-state index contributed by atoms with van der Waals surface area (Å²) in [6, 6.07) is 16.2. The Kier molecular flexibility index (Phi) is 5.69.